The van der Waals surface area contributed by atoms with Crippen molar-refractivity contribution in [2.24, 2.45) is 0 Å². The van der Waals surface area contributed by atoms with Crippen molar-refractivity contribution in [1.82, 2.24) is 20.3 Å². The Morgan fingerprint density at radius 1 is 1.42 bits per heavy atom. The van der Waals surface area contributed by atoms with Crippen LogP contribution in [0.5, 0.6) is 0 Å². The molecule has 0 saturated heterocycles. The van der Waals surface area contributed by atoms with E-state index in [9.17, 15) is 9.18 Å². The second-order valence-corrected chi connectivity index (χ2v) is 4.34. The van der Waals surface area contributed by atoms with Crippen LogP contribution in [-0.2, 0) is 0 Å². The van der Waals surface area contributed by atoms with E-state index in [-0.39, 0.29) is 17.4 Å². The third kappa shape index (κ3) is 2.93. The van der Waals surface area contributed by atoms with Gasteiger partial charge in [-0.15, -0.1) is 5.10 Å². The lowest BCUT2D eigenvalue weighted by Crippen LogP contribution is -2.26. The molecule has 0 aliphatic carbocycles. The highest BCUT2D eigenvalue weighted by atomic mass is 32.1. The first kappa shape index (κ1) is 13.5. The molecular weight excluding hydrogens is 267 g/mol. The predicted molar refractivity (Wildman–Crippen MR) is 72.2 cm³/mol. The minimum atomic E-state index is -0.326. The summed E-state index contributed by atoms with van der Waals surface area (Å²) in [6.45, 7) is 2.20. The molecule has 0 bridgehead atoms. The van der Waals surface area contributed by atoms with Gasteiger partial charge in [-0.2, -0.15) is 12.6 Å². The highest BCUT2D eigenvalue weighted by Gasteiger charge is 2.16. The molecule has 7 heteroatoms. The zero-order valence-electron chi connectivity index (χ0n) is 10.3. The van der Waals surface area contributed by atoms with Gasteiger partial charge in [-0.3, -0.25) is 4.79 Å². The Morgan fingerprint density at radius 2 is 2.11 bits per heavy atom. The van der Waals surface area contributed by atoms with Gasteiger partial charge in [0.15, 0.2) is 5.69 Å². The molecule has 0 spiro atoms. The van der Waals surface area contributed by atoms with Gasteiger partial charge < -0.3 is 5.32 Å². The second-order valence-electron chi connectivity index (χ2n) is 3.89. The summed E-state index contributed by atoms with van der Waals surface area (Å²) in [5.74, 6) is -0.0650. The molecule has 0 atom stereocenters. The number of benzene rings is 1. The largest absolute Gasteiger partial charge is 0.350 e. The van der Waals surface area contributed by atoms with E-state index >= 15 is 0 Å². The molecule has 0 aliphatic heterocycles. The maximum absolute atomic E-state index is 12.9. The van der Waals surface area contributed by atoms with Crippen LogP contribution in [0.1, 0.15) is 16.2 Å². The summed E-state index contributed by atoms with van der Waals surface area (Å²) < 4.78 is 14.4. The molecule has 1 aromatic heterocycles. The van der Waals surface area contributed by atoms with Gasteiger partial charge in [-0.25, -0.2) is 9.07 Å². The molecule has 2 rings (SSSR count). The third-order valence-corrected chi connectivity index (χ3v) is 2.80. The number of hydrogen-bond donors (Lipinski definition) is 2. The van der Waals surface area contributed by atoms with Crippen molar-refractivity contribution in [3.63, 3.8) is 0 Å². The normalized spacial score (nSPS) is 10.5. The van der Waals surface area contributed by atoms with E-state index in [1.165, 1.54) is 16.8 Å². The van der Waals surface area contributed by atoms with E-state index in [1.54, 1.807) is 19.1 Å². The SMILES string of the molecule is Cc1c(C(=O)NCCS)nnn1-c1ccc(F)cc1. The summed E-state index contributed by atoms with van der Waals surface area (Å²) in [6.07, 6.45) is 0. The molecule has 1 aromatic carbocycles. The number of nitrogens with one attached hydrogen (secondary N) is 1. The quantitative estimate of drug-likeness (QED) is 0.832. The molecule has 0 fully saturated rings. The standard InChI is InChI=1S/C12H13FN4OS/c1-8-11(12(18)14-6-7-19)15-16-17(8)10-4-2-9(13)3-5-10/h2-5,19H,6-7H2,1H3,(H,14,18). The van der Waals surface area contributed by atoms with Crippen molar-refractivity contribution in [1.29, 1.82) is 0 Å². The minimum Gasteiger partial charge on any atom is -0.350 e. The number of carbonyl (C=O) groups excluding carboxylic acids is 1. The average Bonchev–Trinajstić information content (AvgIpc) is 2.79. The Bertz CT molecular complexity index is 582. The molecule has 1 amide bonds. The molecule has 100 valence electrons. The van der Waals surface area contributed by atoms with Gasteiger partial charge in [0.1, 0.15) is 5.82 Å². The summed E-state index contributed by atoms with van der Waals surface area (Å²) in [4.78, 5) is 11.8. The van der Waals surface area contributed by atoms with Crippen LogP contribution in [0, 0.1) is 12.7 Å². The lowest BCUT2D eigenvalue weighted by Gasteiger charge is -2.04. The minimum absolute atomic E-state index is 0.256. The molecule has 1 N–H and O–H groups in total. The second kappa shape index (κ2) is 5.83. The van der Waals surface area contributed by atoms with Crippen molar-refractivity contribution in [3.05, 3.63) is 41.5 Å². The smallest absolute Gasteiger partial charge is 0.273 e. The van der Waals surface area contributed by atoms with Crippen LogP contribution >= 0.6 is 12.6 Å². The Balaban J connectivity index is 2.27. The molecular formula is C12H13FN4OS. The molecule has 0 radical (unpaired) electrons. The first-order valence-corrected chi connectivity index (χ1v) is 6.34. The number of nitrogens with zero attached hydrogens (tertiary/aromatic N) is 3. The molecule has 5 nitrogen and oxygen atoms in total. The van der Waals surface area contributed by atoms with E-state index in [0.29, 0.717) is 23.7 Å². The fraction of sp³-hybridized carbons (Fsp3) is 0.250. The Morgan fingerprint density at radius 3 is 2.74 bits per heavy atom. The molecule has 19 heavy (non-hydrogen) atoms. The fourth-order valence-corrected chi connectivity index (χ4v) is 1.73. The third-order valence-electron chi connectivity index (χ3n) is 2.58. The van der Waals surface area contributed by atoms with Gasteiger partial charge in [0, 0.05) is 12.3 Å². The highest BCUT2D eigenvalue weighted by molar-refractivity contribution is 7.80. The van der Waals surface area contributed by atoms with Crippen molar-refractivity contribution >= 4 is 18.5 Å². The maximum Gasteiger partial charge on any atom is 0.273 e. The number of halogens is 1. The molecule has 0 aliphatic rings. The topological polar surface area (TPSA) is 59.8 Å². The van der Waals surface area contributed by atoms with Crippen LogP contribution in [0.3, 0.4) is 0 Å². The van der Waals surface area contributed by atoms with Crippen molar-refractivity contribution in [2.45, 2.75) is 6.92 Å². The van der Waals surface area contributed by atoms with E-state index in [1.807, 2.05) is 0 Å². The van der Waals surface area contributed by atoms with Crippen LogP contribution < -0.4 is 5.32 Å². The van der Waals surface area contributed by atoms with Crippen LogP contribution in [-0.4, -0.2) is 33.2 Å². The van der Waals surface area contributed by atoms with Crippen LogP contribution in [0.2, 0.25) is 0 Å². The highest BCUT2D eigenvalue weighted by Crippen LogP contribution is 2.12. The maximum atomic E-state index is 12.9. The van der Waals surface area contributed by atoms with E-state index < -0.39 is 0 Å². The Kier molecular flexibility index (Phi) is 4.16. The predicted octanol–water partition coefficient (Wildman–Crippen LogP) is 1.37. The molecule has 2 aromatic rings. The zero-order valence-corrected chi connectivity index (χ0v) is 11.2. The van der Waals surface area contributed by atoms with Crippen molar-refractivity contribution in [2.75, 3.05) is 12.3 Å². The monoisotopic (exact) mass is 280 g/mol. The van der Waals surface area contributed by atoms with Crippen molar-refractivity contribution in [3.8, 4) is 5.69 Å². The molecule has 1 heterocycles. The van der Waals surface area contributed by atoms with Gasteiger partial charge in [0.25, 0.3) is 5.91 Å². The Labute approximate surface area is 115 Å². The van der Waals surface area contributed by atoms with Gasteiger partial charge in [-0.05, 0) is 31.2 Å². The lowest BCUT2D eigenvalue weighted by atomic mass is 10.3. The molecule has 0 unspecified atom stereocenters. The fourth-order valence-electron chi connectivity index (χ4n) is 1.62. The first-order chi connectivity index (χ1) is 9.13. The number of thiol groups is 1. The van der Waals surface area contributed by atoms with Gasteiger partial charge in [0.05, 0.1) is 11.4 Å². The number of carbonyl (C=O) groups is 1. The van der Waals surface area contributed by atoms with Crippen LogP contribution in [0.25, 0.3) is 5.69 Å². The zero-order chi connectivity index (χ0) is 13.8. The van der Waals surface area contributed by atoms with E-state index in [0.717, 1.165) is 0 Å². The number of amides is 1. The summed E-state index contributed by atoms with van der Waals surface area (Å²) in [5.41, 5.74) is 1.51. The van der Waals surface area contributed by atoms with Crippen LogP contribution in [0.15, 0.2) is 24.3 Å². The van der Waals surface area contributed by atoms with E-state index in [2.05, 4.69) is 28.3 Å². The summed E-state index contributed by atoms with van der Waals surface area (Å²) in [6, 6.07) is 5.81. The summed E-state index contributed by atoms with van der Waals surface area (Å²) in [5, 5.41) is 10.4. The Hall–Kier alpha value is -1.89. The molecule has 0 saturated carbocycles. The summed E-state index contributed by atoms with van der Waals surface area (Å²) in [7, 11) is 0. The van der Waals surface area contributed by atoms with Crippen LogP contribution in [0.4, 0.5) is 4.39 Å². The van der Waals surface area contributed by atoms with Gasteiger partial charge in [-0.1, -0.05) is 5.21 Å². The average molecular weight is 280 g/mol. The van der Waals surface area contributed by atoms with E-state index in [4.69, 9.17) is 0 Å². The van der Waals surface area contributed by atoms with Gasteiger partial charge in [0.2, 0.25) is 0 Å². The first-order valence-electron chi connectivity index (χ1n) is 5.71. The number of rotatable bonds is 4. The lowest BCUT2D eigenvalue weighted by molar-refractivity contribution is 0.0950. The number of aromatic nitrogens is 3. The summed E-state index contributed by atoms with van der Waals surface area (Å²) >= 11 is 4.01. The van der Waals surface area contributed by atoms with Crippen molar-refractivity contribution < 1.29 is 9.18 Å². The van der Waals surface area contributed by atoms with Gasteiger partial charge >= 0.3 is 0 Å². The number of hydrogen-bond acceptors (Lipinski definition) is 4.